The van der Waals surface area contributed by atoms with Crippen LogP contribution >= 0.6 is 0 Å². The van der Waals surface area contributed by atoms with E-state index >= 15 is 0 Å². The molecule has 5 rings (SSSR count). The number of esters is 1. The van der Waals surface area contributed by atoms with Gasteiger partial charge in [-0.15, -0.1) is 0 Å². The largest absolute Gasteiger partial charge is 0.465 e. The summed E-state index contributed by atoms with van der Waals surface area (Å²) in [4.78, 5) is 52.7. The van der Waals surface area contributed by atoms with Gasteiger partial charge in [-0.25, -0.2) is 9.48 Å². The smallest absolute Gasteiger partial charge is 0.340 e. The molecule has 3 N–H and O–H groups in total. The molecule has 0 radical (unpaired) electrons. The van der Waals surface area contributed by atoms with Crippen molar-refractivity contribution < 1.29 is 14.3 Å². The molecular weight excluding hydrogens is 376 g/mol. The van der Waals surface area contributed by atoms with E-state index < -0.39 is 28.5 Å². The van der Waals surface area contributed by atoms with Crippen LogP contribution in [-0.4, -0.2) is 28.3 Å². The zero-order valence-corrected chi connectivity index (χ0v) is 15.1. The Labute approximate surface area is 162 Å². The van der Waals surface area contributed by atoms with E-state index in [1.807, 2.05) is 0 Å². The van der Waals surface area contributed by atoms with Gasteiger partial charge >= 0.3 is 5.97 Å². The van der Waals surface area contributed by atoms with Gasteiger partial charge in [0.2, 0.25) is 5.54 Å². The van der Waals surface area contributed by atoms with Crippen molar-refractivity contribution in [1.29, 1.82) is 0 Å². The van der Waals surface area contributed by atoms with Crippen molar-refractivity contribution in [1.82, 2.24) is 9.36 Å². The third kappa shape index (κ3) is 1.79. The van der Waals surface area contributed by atoms with Crippen molar-refractivity contribution in [2.45, 2.75) is 5.54 Å². The maximum atomic E-state index is 13.5. The molecule has 1 aromatic heterocycles. The zero-order valence-electron chi connectivity index (χ0n) is 15.1. The molecule has 0 saturated heterocycles. The van der Waals surface area contributed by atoms with E-state index in [-0.39, 0.29) is 22.2 Å². The summed E-state index contributed by atoms with van der Waals surface area (Å²) in [6.45, 7) is 0. The Morgan fingerprint density at radius 2 is 1.62 bits per heavy atom. The lowest BCUT2D eigenvalue weighted by Crippen LogP contribution is -2.51. The number of benzene rings is 2. The lowest BCUT2D eigenvalue weighted by Gasteiger charge is -2.26. The molecule has 2 aliphatic heterocycles. The SMILES string of the molecule is COC(=O)C1=C(N)n2c(=O)c3ccccc3c(=O)n2C12C(=O)Nc1ccccc12. The molecule has 0 saturated carbocycles. The summed E-state index contributed by atoms with van der Waals surface area (Å²) in [7, 11) is 1.14. The topological polar surface area (TPSA) is 125 Å². The number of aromatic nitrogens is 2. The highest BCUT2D eigenvalue weighted by molar-refractivity contribution is 6.16. The normalized spacial score (nSPS) is 19.4. The summed E-state index contributed by atoms with van der Waals surface area (Å²) >= 11 is 0. The number of carbonyl (C=O) groups excluding carboxylic acids is 2. The maximum absolute atomic E-state index is 13.5. The Kier molecular flexibility index (Phi) is 3.19. The van der Waals surface area contributed by atoms with Gasteiger partial charge < -0.3 is 15.8 Å². The van der Waals surface area contributed by atoms with E-state index in [9.17, 15) is 19.2 Å². The first-order valence-electron chi connectivity index (χ1n) is 8.72. The van der Waals surface area contributed by atoms with Gasteiger partial charge in [-0.2, -0.15) is 4.68 Å². The van der Waals surface area contributed by atoms with Gasteiger partial charge in [0.25, 0.3) is 17.0 Å². The first kappa shape index (κ1) is 17.0. The molecule has 1 atom stereocenters. The van der Waals surface area contributed by atoms with Crippen molar-refractivity contribution in [2.75, 3.05) is 12.4 Å². The quantitative estimate of drug-likeness (QED) is 0.571. The average molecular weight is 390 g/mol. The number of nitrogens with zero attached hydrogens (tertiary/aromatic N) is 2. The third-order valence-electron chi connectivity index (χ3n) is 5.42. The highest BCUT2D eigenvalue weighted by Crippen LogP contribution is 2.47. The highest BCUT2D eigenvalue weighted by Gasteiger charge is 2.61. The van der Waals surface area contributed by atoms with Gasteiger partial charge in [0, 0.05) is 11.3 Å². The fourth-order valence-electron chi connectivity index (χ4n) is 4.24. The van der Waals surface area contributed by atoms with Gasteiger partial charge in [0.1, 0.15) is 11.4 Å². The minimum atomic E-state index is -1.95. The first-order chi connectivity index (χ1) is 13.9. The number of hydrogen-bond donors (Lipinski definition) is 2. The predicted octanol–water partition coefficient (Wildman–Crippen LogP) is 0.173. The summed E-state index contributed by atoms with van der Waals surface area (Å²) in [6, 6.07) is 12.8. The van der Waals surface area contributed by atoms with Gasteiger partial charge in [-0.05, 0) is 18.2 Å². The molecule has 0 bridgehead atoms. The van der Waals surface area contributed by atoms with E-state index in [4.69, 9.17) is 10.5 Å². The Balaban J connectivity index is 2.07. The molecule has 3 aromatic rings. The molecule has 1 unspecified atom stereocenters. The Morgan fingerprint density at radius 3 is 2.31 bits per heavy atom. The molecule has 29 heavy (non-hydrogen) atoms. The van der Waals surface area contributed by atoms with Gasteiger partial charge in [0.15, 0.2) is 0 Å². The predicted molar refractivity (Wildman–Crippen MR) is 104 cm³/mol. The number of para-hydroxylation sites is 1. The van der Waals surface area contributed by atoms with Crippen LogP contribution in [0.15, 0.2) is 63.7 Å². The monoisotopic (exact) mass is 390 g/mol. The molecule has 2 aliphatic rings. The lowest BCUT2D eigenvalue weighted by molar-refractivity contribution is -0.138. The molecule has 2 aromatic carbocycles. The van der Waals surface area contributed by atoms with E-state index in [2.05, 4.69) is 5.32 Å². The molecule has 0 fully saturated rings. The van der Waals surface area contributed by atoms with Crippen LogP contribution in [0.4, 0.5) is 5.69 Å². The number of anilines is 1. The Morgan fingerprint density at radius 1 is 1.00 bits per heavy atom. The van der Waals surface area contributed by atoms with E-state index in [1.165, 1.54) is 12.1 Å². The van der Waals surface area contributed by atoms with Crippen LogP contribution in [0.1, 0.15) is 5.56 Å². The van der Waals surface area contributed by atoms with Crippen molar-refractivity contribution in [3.63, 3.8) is 0 Å². The van der Waals surface area contributed by atoms with E-state index in [0.29, 0.717) is 11.3 Å². The summed E-state index contributed by atoms with van der Waals surface area (Å²) in [5.41, 5.74) is 3.46. The van der Waals surface area contributed by atoms with Crippen LogP contribution in [0.2, 0.25) is 0 Å². The molecule has 9 nitrogen and oxygen atoms in total. The fraction of sp³-hybridized carbons (Fsp3) is 0.100. The Bertz CT molecular complexity index is 1410. The number of carbonyl (C=O) groups is 2. The molecular formula is C20H14N4O5. The summed E-state index contributed by atoms with van der Waals surface area (Å²) in [6.07, 6.45) is 0. The van der Waals surface area contributed by atoms with Crippen LogP contribution in [0.5, 0.6) is 0 Å². The molecule has 1 amide bonds. The summed E-state index contributed by atoms with van der Waals surface area (Å²) in [5.74, 6) is -1.91. The molecule has 1 spiro atoms. The number of nitrogens with one attached hydrogen (secondary N) is 1. The number of amides is 1. The third-order valence-corrected chi connectivity index (χ3v) is 5.42. The van der Waals surface area contributed by atoms with Crippen molar-refractivity contribution in [3.05, 3.63) is 80.4 Å². The van der Waals surface area contributed by atoms with E-state index in [1.54, 1.807) is 36.4 Å². The summed E-state index contributed by atoms with van der Waals surface area (Å²) in [5, 5.41) is 2.93. The second-order valence-corrected chi connectivity index (χ2v) is 6.74. The minimum absolute atomic E-state index is 0.115. The first-order valence-corrected chi connectivity index (χ1v) is 8.72. The zero-order chi connectivity index (χ0) is 20.5. The molecule has 9 heteroatoms. The number of methoxy groups -OCH3 is 1. The minimum Gasteiger partial charge on any atom is -0.465 e. The van der Waals surface area contributed by atoms with Gasteiger partial charge in [-0.3, -0.25) is 14.4 Å². The number of fused-ring (bicyclic) bond motifs is 5. The maximum Gasteiger partial charge on any atom is 0.340 e. The van der Waals surface area contributed by atoms with Crippen molar-refractivity contribution in [3.8, 4) is 0 Å². The summed E-state index contributed by atoms with van der Waals surface area (Å²) < 4.78 is 6.72. The average Bonchev–Trinajstić information content (AvgIpc) is 3.18. The van der Waals surface area contributed by atoms with Crippen LogP contribution in [0, 0.1) is 0 Å². The van der Waals surface area contributed by atoms with Crippen LogP contribution in [0.3, 0.4) is 0 Å². The second-order valence-electron chi connectivity index (χ2n) is 6.74. The number of nitrogens with two attached hydrogens (primary N) is 1. The highest BCUT2D eigenvalue weighted by atomic mass is 16.5. The number of rotatable bonds is 1. The lowest BCUT2D eigenvalue weighted by atomic mass is 9.84. The van der Waals surface area contributed by atoms with Crippen LogP contribution in [0.25, 0.3) is 16.6 Å². The standard InChI is InChI=1S/C20H14N4O5/c1-29-18(27)14-15(21)23-16(25)10-6-2-3-7-11(10)17(26)24(23)20(14)12-8-4-5-9-13(12)22-19(20)28/h2-9H,21H2,1H3,(H,22,28). The number of ether oxygens (including phenoxy) is 1. The van der Waals surface area contributed by atoms with E-state index in [0.717, 1.165) is 16.5 Å². The van der Waals surface area contributed by atoms with Crippen molar-refractivity contribution >= 4 is 34.2 Å². The number of hydrogen-bond acceptors (Lipinski definition) is 6. The molecule has 3 heterocycles. The fourth-order valence-corrected chi connectivity index (χ4v) is 4.24. The van der Waals surface area contributed by atoms with Gasteiger partial charge in [-0.1, -0.05) is 30.3 Å². The second kappa shape index (κ2) is 5.44. The van der Waals surface area contributed by atoms with Crippen LogP contribution in [-0.2, 0) is 19.9 Å². The van der Waals surface area contributed by atoms with Gasteiger partial charge in [0.05, 0.1) is 17.9 Å². The molecule has 144 valence electrons. The van der Waals surface area contributed by atoms with Crippen LogP contribution < -0.4 is 22.2 Å². The Hall–Kier alpha value is -4.14. The molecule has 0 aliphatic carbocycles. The van der Waals surface area contributed by atoms with Crippen molar-refractivity contribution in [2.24, 2.45) is 5.73 Å².